The molecule has 4 nitrogen and oxygen atoms in total. The van der Waals surface area contributed by atoms with Crippen LogP contribution in [0.15, 0.2) is 18.2 Å². The molecule has 0 unspecified atom stereocenters. The molecule has 1 aromatic carbocycles. The summed E-state index contributed by atoms with van der Waals surface area (Å²) in [7, 11) is 0. The van der Waals surface area contributed by atoms with Gasteiger partial charge in [0.05, 0.1) is 29.4 Å². The molecular weight excluding hydrogens is 228 g/mol. The van der Waals surface area contributed by atoms with Crippen LogP contribution < -0.4 is 5.73 Å². The lowest BCUT2D eigenvalue weighted by Gasteiger charge is -2.44. The van der Waals surface area contributed by atoms with Gasteiger partial charge in [-0.25, -0.2) is 0 Å². The van der Waals surface area contributed by atoms with Gasteiger partial charge in [0.2, 0.25) is 0 Å². The number of benzene rings is 1. The topological polar surface area (TPSA) is 66.6 Å². The van der Waals surface area contributed by atoms with Crippen molar-refractivity contribution in [1.29, 1.82) is 0 Å². The fraction of sp³-hybridized carbons (Fsp3) is 0.364. The molecule has 1 amide bonds. The fourth-order valence-corrected chi connectivity index (χ4v) is 1.94. The van der Waals surface area contributed by atoms with E-state index >= 15 is 0 Å². The van der Waals surface area contributed by atoms with Gasteiger partial charge in [-0.15, -0.1) is 0 Å². The molecule has 3 N–H and O–H groups in total. The lowest BCUT2D eigenvalue weighted by atomic mass is 9.96. The zero-order valence-electron chi connectivity index (χ0n) is 8.90. The van der Waals surface area contributed by atoms with Crippen LogP contribution >= 0.6 is 11.6 Å². The number of aliphatic hydroxyl groups is 1. The van der Waals surface area contributed by atoms with Gasteiger partial charge in [0.1, 0.15) is 0 Å². The van der Waals surface area contributed by atoms with Gasteiger partial charge < -0.3 is 15.7 Å². The molecule has 1 heterocycles. The fourth-order valence-electron chi connectivity index (χ4n) is 1.76. The lowest BCUT2D eigenvalue weighted by Crippen LogP contribution is -2.61. The molecule has 2 rings (SSSR count). The van der Waals surface area contributed by atoms with Crippen LogP contribution in [0.1, 0.15) is 17.3 Å². The Bertz CT molecular complexity index is 438. The van der Waals surface area contributed by atoms with Crippen molar-refractivity contribution < 1.29 is 9.90 Å². The second-order valence-corrected chi connectivity index (χ2v) is 4.80. The molecule has 0 saturated carbocycles. The summed E-state index contributed by atoms with van der Waals surface area (Å²) in [6, 6.07) is 4.79. The number of carbonyl (C=O) groups is 1. The summed E-state index contributed by atoms with van der Waals surface area (Å²) in [6.07, 6.45) is 0. The van der Waals surface area contributed by atoms with Crippen molar-refractivity contribution in [2.45, 2.75) is 12.5 Å². The van der Waals surface area contributed by atoms with Gasteiger partial charge in [0.15, 0.2) is 0 Å². The molecule has 16 heavy (non-hydrogen) atoms. The molecule has 0 radical (unpaired) electrons. The maximum atomic E-state index is 11.9. The second-order valence-electron chi connectivity index (χ2n) is 4.39. The number of hydrogen-bond donors (Lipinski definition) is 2. The van der Waals surface area contributed by atoms with Gasteiger partial charge in [-0.3, -0.25) is 4.79 Å². The van der Waals surface area contributed by atoms with E-state index in [2.05, 4.69) is 0 Å². The second kappa shape index (κ2) is 3.64. The maximum absolute atomic E-state index is 11.9. The first kappa shape index (κ1) is 11.2. The third-order valence-corrected chi connectivity index (χ3v) is 2.92. The predicted molar refractivity (Wildman–Crippen MR) is 62.4 cm³/mol. The number of halogens is 1. The van der Waals surface area contributed by atoms with Crippen molar-refractivity contribution >= 4 is 23.2 Å². The smallest absolute Gasteiger partial charge is 0.254 e. The molecular formula is C11H13ClN2O2. The van der Waals surface area contributed by atoms with E-state index in [9.17, 15) is 9.90 Å². The summed E-state index contributed by atoms with van der Waals surface area (Å²) < 4.78 is 0. The van der Waals surface area contributed by atoms with Gasteiger partial charge in [-0.1, -0.05) is 11.6 Å². The van der Waals surface area contributed by atoms with Crippen LogP contribution in [0.25, 0.3) is 0 Å². The lowest BCUT2D eigenvalue weighted by molar-refractivity contribution is -0.0668. The van der Waals surface area contributed by atoms with E-state index < -0.39 is 5.60 Å². The third kappa shape index (κ3) is 1.99. The highest BCUT2D eigenvalue weighted by Crippen LogP contribution is 2.25. The number of likely N-dealkylation sites (tertiary alicyclic amines) is 1. The predicted octanol–water partition coefficient (Wildman–Crippen LogP) is 1.13. The standard InChI is InChI=1S/C11H13ClN2O2/c1-11(16)5-14(6-11)10(15)7-2-3-9(13)8(12)4-7/h2-4,16H,5-6,13H2,1H3. The highest BCUT2D eigenvalue weighted by atomic mass is 35.5. The maximum Gasteiger partial charge on any atom is 0.254 e. The van der Waals surface area contributed by atoms with E-state index in [1.54, 1.807) is 30.0 Å². The number of nitrogen functional groups attached to an aromatic ring is 1. The molecule has 0 atom stereocenters. The number of nitrogens with zero attached hydrogens (tertiary/aromatic N) is 1. The van der Waals surface area contributed by atoms with Crippen molar-refractivity contribution in [3.63, 3.8) is 0 Å². The Kier molecular flexibility index (Phi) is 2.56. The normalized spacial score (nSPS) is 18.1. The minimum atomic E-state index is -0.757. The summed E-state index contributed by atoms with van der Waals surface area (Å²) >= 11 is 5.83. The van der Waals surface area contributed by atoms with Crippen molar-refractivity contribution in [3.05, 3.63) is 28.8 Å². The highest BCUT2D eigenvalue weighted by molar-refractivity contribution is 6.33. The number of carbonyl (C=O) groups excluding carboxylic acids is 1. The van der Waals surface area contributed by atoms with Gasteiger partial charge in [-0.2, -0.15) is 0 Å². The van der Waals surface area contributed by atoms with Gasteiger partial charge in [0, 0.05) is 5.56 Å². The molecule has 1 aromatic rings. The van der Waals surface area contributed by atoms with Crippen LogP contribution in [0, 0.1) is 0 Å². The van der Waals surface area contributed by atoms with Crippen molar-refractivity contribution in [2.24, 2.45) is 0 Å². The van der Waals surface area contributed by atoms with Gasteiger partial charge >= 0.3 is 0 Å². The molecule has 86 valence electrons. The summed E-state index contributed by atoms with van der Waals surface area (Å²) in [5.74, 6) is -0.131. The van der Waals surface area contributed by atoms with Crippen molar-refractivity contribution in [3.8, 4) is 0 Å². The van der Waals surface area contributed by atoms with E-state index in [4.69, 9.17) is 17.3 Å². The minimum absolute atomic E-state index is 0.131. The Labute approximate surface area is 98.6 Å². The van der Waals surface area contributed by atoms with E-state index in [0.717, 1.165) is 0 Å². The average molecular weight is 241 g/mol. The van der Waals surface area contributed by atoms with Crippen molar-refractivity contribution in [1.82, 2.24) is 4.90 Å². The average Bonchev–Trinajstić information content (AvgIpc) is 2.17. The summed E-state index contributed by atoms with van der Waals surface area (Å²) in [4.78, 5) is 13.5. The molecule has 1 fully saturated rings. The Balaban J connectivity index is 2.13. The minimum Gasteiger partial charge on any atom is -0.398 e. The largest absolute Gasteiger partial charge is 0.398 e. The number of nitrogens with two attached hydrogens (primary N) is 1. The molecule has 1 aliphatic heterocycles. The van der Waals surface area contributed by atoms with E-state index in [-0.39, 0.29) is 5.91 Å². The SMILES string of the molecule is CC1(O)CN(C(=O)c2ccc(N)c(Cl)c2)C1. The van der Waals surface area contributed by atoms with Crippen molar-refractivity contribution in [2.75, 3.05) is 18.8 Å². The number of hydrogen-bond acceptors (Lipinski definition) is 3. The van der Waals surface area contributed by atoms with Gasteiger partial charge in [-0.05, 0) is 25.1 Å². The highest BCUT2D eigenvalue weighted by Gasteiger charge is 2.39. The van der Waals surface area contributed by atoms with Crippen LogP contribution in [0.2, 0.25) is 5.02 Å². The third-order valence-electron chi connectivity index (χ3n) is 2.60. The Hall–Kier alpha value is -1.26. The first-order chi connectivity index (χ1) is 7.39. The van der Waals surface area contributed by atoms with Gasteiger partial charge in [0.25, 0.3) is 5.91 Å². The Morgan fingerprint density at radius 1 is 1.56 bits per heavy atom. The zero-order chi connectivity index (χ0) is 11.9. The molecule has 0 aliphatic carbocycles. The summed E-state index contributed by atoms with van der Waals surface area (Å²) in [5.41, 5.74) is 5.75. The quantitative estimate of drug-likeness (QED) is 0.724. The number of β-amino-alcohol motifs (C(OH)–C–C–N with tert-alkyl or cyclic N) is 1. The van der Waals surface area contributed by atoms with E-state index in [1.807, 2.05) is 0 Å². The van der Waals surface area contributed by atoms with Crippen LogP contribution in [0.5, 0.6) is 0 Å². The van der Waals surface area contributed by atoms with Crippen LogP contribution in [-0.4, -0.2) is 34.6 Å². The van der Waals surface area contributed by atoms with Crippen LogP contribution in [0.4, 0.5) is 5.69 Å². The summed E-state index contributed by atoms with van der Waals surface area (Å²) in [6.45, 7) is 2.41. The van der Waals surface area contributed by atoms with Crippen LogP contribution in [0.3, 0.4) is 0 Å². The number of rotatable bonds is 1. The summed E-state index contributed by atoms with van der Waals surface area (Å²) in [5, 5.41) is 9.91. The monoisotopic (exact) mass is 240 g/mol. The number of anilines is 1. The van der Waals surface area contributed by atoms with Crippen LogP contribution in [-0.2, 0) is 0 Å². The Morgan fingerprint density at radius 2 is 2.19 bits per heavy atom. The molecule has 5 heteroatoms. The van der Waals surface area contributed by atoms with E-state index in [1.165, 1.54) is 0 Å². The molecule has 0 aromatic heterocycles. The number of amides is 1. The first-order valence-electron chi connectivity index (χ1n) is 4.96. The molecule has 0 spiro atoms. The Morgan fingerprint density at radius 3 is 2.69 bits per heavy atom. The first-order valence-corrected chi connectivity index (χ1v) is 5.33. The zero-order valence-corrected chi connectivity index (χ0v) is 9.66. The van der Waals surface area contributed by atoms with E-state index in [0.29, 0.717) is 29.4 Å². The molecule has 0 bridgehead atoms. The molecule has 1 aliphatic rings. The molecule has 1 saturated heterocycles.